The number of rotatable bonds is 12. The van der Waals surface area contributed by atoms with Gasteiger partial charge in [0.05, 0.1) is 20.8 Å². The molecule has 2 rings (SSSR count). The Bertz CT molecular complexity index is 796. The summed E-state index contributed by atoms with van der Waals surface area (Å²) in [6.07, 6.45) is 1.71. The molecule has 0 aromatic heterocycles. The number of nitrogens with zero attached hydrogens (tertiary/aromatic N) is 1. The second-order valence-corrected chi connectivity index (χ2v) is 6.63. The summed E-state index contributed by atoms with van der Waals surface area (Å²) >= 11 is 0. The van der Waals surface area contributed by atoms with E-state index in [9.17, 15) is 0 Å². The van der Waals surface area contributed by atoms with Crippen molar-refractivity contribution in [3.8, 4) is 17.2 Å². The molecule has 0 aliphatic carbocycles. The molecular weight excluding hydrogens is 382 g/mol. The van der Waals surface area contributed by atoms with E-state index in [1.54, 1.807) is 28.4 Å². The lowest BCUT2D eigenvalue weighted by Gasteiger charge is -2.14. The number of hydrogen-bond donors (Lipinski definition) is 2. The number of aliphatic imine (C=N–C) groups is 1. The third-order valence-electron chi connectivity index (χ3n) is 4.50. The quantitative estimate of drug-likeness (QED) is 0.315. The molecule has 0 spiro atoms. The first-order valence-corrected chi connectivity index (χ1v) is 10.1. The van der Waals surface area contributed by atoms with E-state index in [1.165, 1.54) is 0 Å². The molecule has 2 aromatic rings. The van der Waals surface area contributed by atoms with Gasteiger partial charge in [0.2, 0.25) is 0 Å². The highest BCUT2D eigenvalue weighted by Gasteiger charge is 2.05. The van der Waals surface area contributed by atoms with Gasteiger partial charge in [0.15, 0.2) is 17.5 Å². The van der Waals surface area contributed by atoms with E-state index in [-0.39, 0.29) is 0 Å². The maximum Gasteiger partial charge on any atom is 0.191 e. The van der Waals surface area contributed by atoms with Crippen LogP contribution in [0.25, 0.3) is 0 Å². The monoisotopic (exact) mass is 415 g/mol. The van der Waals surface area contributed by atoms with Crippen molar-refractivity contribution in [3.05, 3.63) is 53.6 Å². The molecule has 0 aliphatic rings. The highest BCUT2D eigenvalue weighted by atomic mass is 16.5. The Hall–Kier alpha value is -2.93. The van der Waals surface area contributed by atoms with Gasteiger partial charge in [-0.15, -0.1) is 0 Å². The van der Waals surface area contributed by atoms with Crippen molar-refractivity contribution in [2.24, 2.45) is 4.99 Å². The maximum atomic E-state index is 5.76. The van der Waals surface area contributed by atoms with Crippen molar-refractivity contribution < 1.29 is 18.9 Å². The molecule has 0 atom stereocenters. The number of benzene rings is 2. The Labute approximate surface area is 179 Å². The Morgan fingerprint density at radius 1 is 0.900 bits per heavy atom. The summed E-state index contributed by atoms with van der Waals surface area (Å²) in [5, 5.41) is 6.67. The van der Waals surface area contributed by atoms with Crippen molar-refractivity contribution in [2.45, 2.75) is 19.4 Å². The molecule has 0 heterocycles. The van der Waals surface area contributed by atoms with Crippen LogP contribution < -0.4 is 24.8 Å². The summed E-state index contributed by atoms with van der Waals surface area (Å²) in [7, 11) is 6.74. The van der Waals surface area contributed by atoms with Crippen LogP contribution in [0.15, 0.2) is 47.5 Å². The van der Waals surface area contributed by atoms with Gasteiger partial charge >= 0.3 is 0 Å². The molecule has 0 bridgehead atoms. The van der Waals surface area contributed by atoms with Crippen LogP contribution in [-0.2, 0) is 17.7 Å². The average Bonchev–Trinajstić information content (AvgIpc) is 2.79. The summed E-state index contributed by atoms with van der Waals surface area (Å²) in [4.78, 5) is 4.29. The molecule has 0 saturated heterocycles. The highest BCUT2D eigenvalue weighted by molar-refractivity contribution is 5.79. The van der Waals surface area contributed by atoms with Crippen LogP contribution in [-0.4, -0.2) is 54.1 Å². The molecule has 0 amide bonds. The zero-order valence-electron chi connectivity index (χ0n) is 18.4. The van der Waals surface area contributed by atoms with Crippen molar-refractivity contribution in [2.75, 3.05) is 48.1 Å². The molecule has 0 aliphatic heterocycles. The maximum absolute atomic E-state index is 5.76. The third-order valence-corrected chi connectivity index (χ3v) is 4.50. The van der Waals surface area contributed by atoms with Crippen molar-refractivity contribution >= 4 is 5.96 Å². The number of methoxy groups -OCH3 is 3. The van der Waals surface area contributed by atoms with Gasteiger partial charge in [0.25, 0.3) is 0 Å². The Morgan fingerprint density at radius 3 is 2.47 bits per heavy atom. The lowest BCUT2D eigenvalue weighted by Crippen LogP contribution is -2.37. The van der Waals surface area contributed by atoms with E-state index in [2.05, 4.69) is 21.7 Å². The Morgan fingerprint density at radius 2 is 1.73 bits per heavy atom. The van der Waals surface area contributed by atoms with Crippen LogP contribution in [0.4, 0.5) is 0 Å². The molecule has 2 N–H and O–H groups in total. The first kappa shape index (κ1) is 23.3. The number of hydrogen-bond acceptors (Lipinski definition) is 5. The van der Waals surface area contributed by atoms with Gasteiger partial charge in [-0.05, 0) is 41.8 Å². The molecule has 0 radical (unpaired) electrons. The van der Waals surface area contributed by atoms with Gasteiger partial charge < -0.3 is 29.6 Å². The molecular formula is C23H33N3O4. The van der Waals surface area contributed by atoms with Gasteiger partial charge in [-0.25, -0.2) is 0 Å². The normalized spacial score (nSPS) is 11.1. The fraction of sp³-hybridized carbons (Fsp3) is 0.435. The summed E-state index contributed by atoms with van der Waals surface area (Å²) in [5.41, 5.74) is 2.29. The smallest absolute Gasteiger partial charge is 0.191 e. The highest BCUT2D eigenvalue weighted by Crippen LogP contribution is 2.27. The summed E-state index contributed by atoms with van der Waals surface area (Å²) in [6.45, 7) is 2.75. The molecule has 7 heteroatoms. The van der Waals surface area contributed by atoms with Crippen LogP contribution in [0.5, 0.6) is 17.2 Å². The Kier molecular flexibility index (Phi) is 10.4. The zero-order chi connectivity index (χ0) is 21.6. The predicted octanol–water partition coefficient (Wildman–Crippen LogP) is 3.03. The molecule has 0 unspecified atom stereocenters. The lowest BCUT2D eigenvalue weighted by molar-refractivity contribution is 0.172. The molecule has 0 saturated carbocycles. The summed E-state index contributed by atoms with van der Waals surface area (Å²) in [5.74, 6) is 3.09. The number of nitrogens with one attached hydrogen (secondary N) is 2. The minimum absolute atomic E-state index is 0.643. The SMILES string of the molecule is CN=C(NCCc1ccc(OC)c(OC)c1)NCc1cccc(OCCCOC)c1. The first-order valence-electron chi connectivity index (χ1n) is 10.1. The third kappa shape index (κ3) is 7.83. The fourth-order valence-corrected chi connectivity index (χ4v) is 2.91. The number of guanidine groups is 1. The molecule has 2 aromatic carbocycles. The van der Waals surface area contributed by atoms with Crippen LogP contribution in [0.2, 0.25) is 0 Å². The second kappa shape index (κ2) is 13.3. The largest absolute Gasteiger partial charge is 0.493 e. The molecule has 164 valence electrons. The summed E-state index contributed by atoms with van der Waals surface area (Å²) < 4.78 is 21.4. The molecule has 0 fully saturated rings. The van der Waals surface area contributed by atoms with Crippen LogP contribution in [0.3, 0.4) is 0 Å². The van der Waals surface area contributed by atoms with E-state index < -0.39 is 0 Å². The topological polar surface area (TPSA) is 73.3 Å². The van der Waals surface area contributed by atoms with E-state index in [4.69, 9.17) is 18.9 Å². The first-order chi connectivity index (χ1) is 14.7. The Balaban J connectivity index is 1.78. The second-order valence-electron chi connectivity index (χ2n) is 6.63. The van der Waals surface area contributed by atoms with Crippen molar-refractivity contribution in [1.82, 2.24) is 10.6 Å². The standard InChI is InChI=1S/C23H33N3O4/c1-24-23(25-12-11-18-9-10-21(28-3)22(16-18)29-4)26-17-19-7-5-8-20(15-19)30-14-6-13-27-2/h5,7-10,15-16H,6,11-14,17H2,1-4H3,(H2,24,25,26). The van der Waals surface area contributed by atoms with E-state index in [0.29, 0.717) is 19.8 Å². The van der Waals surface area contributed by atoms with Gasteiger partial charge in [0.1, 0.15) is 5.75 Å². The van der Waals surface area contributed by atoms with Crippen molar-refractivity contribution in [1.29, 1.82) is 0 Å². The lowest BCUT2D eigenvalue weighted by atomic mass is 10.1. The van der Waals surface area contributed by atoms with Crippen molar-refractivity contribution in [3.63, 3.8) is 0 Å². The van der Waals surface area contributed by atoms with Crippen LogP contribution in [0.1, 0.15) is 17.5 Å². The van der Waals surface area contributed by atoms with Gasteiger partial charge in [-0.3, -0.25) is 4.99 Å². The minimum Gasteiger partial charge on any atom is -0.493 e. The molecule has 7 nitrogen and oxygen atoms in total. The van der Waals surface area contributed by atoms with E-state index in [0.717, 1.165) is 53.7 Å². The predicted molar refractivity (Wildman–Crippen MR) is 120 cm³/mol. The van der Waals surface area contributed by atoms with E-state index >= 15 is 0 Å². The number of ether oxygens (including phenoxy) is 4. The van der Waals surface area contributed by atoms with E-state index in [1.807, 2.05) is 36.4 Å². The molecule has 30 heavy (non-hydrogen) atoms. The zero-order valence-corrected chi connectivity index (χ0v) is 18.4. The van der Waals surface area contributed by atoms with Crippen LogP contribution >= 0.6 is 0 Å². The van der Waals surface area contributed by atoms with Gasteiger partial charge in [-0.1, -0.05) is 18.2 Å². The van der Waals surface area contributed by atoms with Gasteiger partial charge in [0, 0.05) is 40.3 Å². The average molecular weight is 416 g/mol. The summed E-state index contributed by atoms with van der Waals surface area (Å²) in [6, 6.07) is 14.0. The fourth-order valence-electron chi connectivity index (χ4n) is 2.91. The van der Waals surface area contributed by atoms with Gasteiger partial charge in [-0.2, -0.15) is 0 Å². The minimum atomic E-state index is 0.643. The van der Waals surface area contributed by atoms with Crippen LogP contribution in [0, 0.1) is 0 Å².